The molecule has 0 spiro atoms. The van der Waals surface area contributed by atoms with Gasteiger partial charge in [-0.25, -0.2) is 9.97 Å². The van der Waals surface area contributed by atoms with E-state index in [4.69, 9.17) is 5.73 Å². The fourth-order valence-electron chi connectivity index (χ4n) is 2.73. The molecule has 0 aromatic carbocycles. The molecule has 88 valence electrons. The molecule has 0 amide bonds. The van der Waals surface area contributed by atoms with Crippen molar-refractivity contribution in [1.29, 1.82) is 0 Å². The largest absolute Gasteiger partial charge is 0.351 e. The molecule has 3 heterocycles. The molecule has 1 aliphatic carbocycles. The van der Waals surface area contributed by atoms with Gasteiger partial charge in [-0.2, -0.15) is 0 Å². The molecular weight excluding hydrogens is 232 g/mol. The molecule has 4 nitrogen and oxygen atoms in total. The van der Waals surface area contributed by atoms with Crippen molar-refractivity contribution in [3.63, 3.8) is 0 Å². The monoisotopic (exact) mass is 246 g/mol. The Morgan fingerprint density at radius 3 is 2.94 bits per heavy atom. The van der Waals surface area contributed by atoms with Gasteiger partial charge in [-0.15, -0.1) is 11.3 Å². The minimum absolute atomic E-state index is 0.0501. The van der Waals surface area contributed by atoms with Gasteiger partial charge in [0.2, 0.25) is 0 Å². The lowest BCUT2D eigenvalue weighted by atomic mass is 9.86. The summed E-state index contributed by atoms with van der Waals surface area (Å²) < 4.78 is 1.19. The molecule has 1 aliphatic heterocycles. The van der Waals surface area contributed by atoms with Crippen LogP contribution in [0.1, 0.15) is 12.8 Å². The normalized spacial score (nSPS) is 22.8. The van der Waals surface area contributed by atoms with Gasteiger partial charge in [-0.1, -0.05) is 0 Å². The molecule has 1 saturated carbocycles. The number of aromatic nitrogens is 2. The molecule has 1 saturated heterocycles. The number of nitrogens with two attached hydrogens (primary N) is 1. The zero-order valence-corrected chi connectivity index (χ0v) is 10.3. The molecule has 2 aromatic heterocycles. The van der Waals surface area contributed by atoms with Gasteiger partial charge in [0, 0.05) is 13.1 Å². The third-order valence-corrected chi connectivity index (χ3v) is 4.78. The lowest BCUT2D eigenvalue weighted by Gasteiger charge is -2.49. The van der Waals surface area contributed by atoms with Gasteiger partial charge in [0.15, 0.2) is 0 Å². The fourth-order valence-corrected chi connectivity index (χ4v) is 3.59. The van der Waals surface area contributed by atoms with E-state index in [0.717, 1.165) is 30.3 Å². The first-order chi connectivity index (χ1) is 8.26. The van der Waals surface area contributed by atoms with E-state index in [1.807, 2.05) is 6.07 Å². The maximum absolute atomic E-state index is 6.37. The number of hydrogen-bond donors (Lipinski definition) is 1. The Morgan fingerprint density at radius 1 is 1.35 bits per heavy atom. The minimum Gasteiger partial charge on any atom is -0.351 e. The van der Waals surface area contributed by atoms with Crippen LogP contribution < -0.4 is 10.6 Å². The van der Waals surface area contributed by atoms with Gasteiger partial charge in [0.1, 0.15) is 12.1 Å². The molecular formula is C12H14N4S. The zero-order chi connectivity index (χ0) is 11.5. The lowest BCUT2D eigenvalue weighted by molar-refractivity contribution is 0.290. The van der Waals surface area contributed by atoms with Crippen LogP contribution >= 0.6 is 11.3 Å². The van der Waals surface area contributed by atoms with Crippen molar-refractivity contribution >= 4 is 27.4 Å². The van der Waals surface area contributed by atoms with Crippen molar-refractivity contribution in [3.05, 3.63) is 17.8 Å². The van der Waals surface area contributed by atoms with Crippen molar-refractivity contribution in [2.45, 2.75) is 18.4 Å². The van der Waals surface area contributed by atoms with Gasteiger partial charge in [0.05, 0.1) is 15.8 Å². The number of fused-ring (bicyclic) bond motifs is 1. The Balaban J connectivity index is 1.66. The smallest absolute Gasteiger partial charge is 0.150 e. The second-order valence-corrected chi connectivity index (χ2v) is 6.11. The number of rotatable bonds is 2. The van der Waals surface area contributed by atoms with Crippen LogP contribution in [-0.4, -0.2) is 28.6 Å². The van der Waals surface area contributed by atoms with Gasteiger partial charge >= 0.3 is 0 Å². The van der Waals surface area contributed by atoms with E-state index in [1.165, 1.54) is 17.5 Å². The van der Waals surface area contributed by atoms with E-state index >= 15 is 0 Å². The van der Waals surface area contributed by atoms with Crippen LogP contribution in [0.5, 0.6) is 0 Å². The Hall–Kier alpha value is -1.20. The van der Waals surface area contributed by atoms with Gasteiger partial charge in [-0.05, 0) is 30.2 Å². The molecule has 2 N–H and O–H groups in total. The standard InChI is InChI=1S/C12H14N4S/c13-12(8-1-2-8)5-16(6-12)11-10-9(3-4-17-10)14-7-15-11/h3-4,7-8H,1-2,5-6,13H2. The van der Waals surface area contributed by atoms with E-state index in [1.54, 1.807) is 17.7 Å². The Kier molecular flexibility index (Phi) is 1.83. The first kappa shape index (κ1) is 9.79. The Morgan fingerprint density at radius 2 is 2.18 bits per heavy atom. The molecule has 2 aliphatic rings. The van der Waals surface area contributed by atoms with Crippen LogP contribution in [0, 0.1) is 5.92 Å². The fraction of sp³-hybridized carbons (Fsp3) is 0.500. The molecule has 2 fully saturated rings. The van der Waals surface area contributed by atoms with Crippen LogP contribution in [0.4, 0.5) is 5.82 Å². The van der Waals surface area contributed by atoms with E-state index in [0.29, 0.717) is 0 Å². The van der Waals surface area contributed by atoms with Crippen LogP contribution in [0.15, 0.2) is 17.8 Å². The third-order valence-electron chi connectivity index (χ3n) is 3.88. The Bertz CT molecular complexity index is 569. The summed E-state index contributed by atoms with van der Waals surface area (Å²) in [7, 11) is 0. The topological polar surface area (TPSA) is 55.0 Å². The summed E-state index contributed by atoms with van der Waals surface area (Å²) in [6.07, 6.45) is 4.27. The summed E-state index contributed by atoms with van der Waals surface area (Å²) in [4.78, 5) is 11.0. The highest BCUT2D eigenvalue weighted by Crippen LogP contribution is 2.44. The molecule has 5 heteroatoms. The third kappa shape index (κ3) is 1.39. The summed E-state index contributed by atoms with van der Waals surface area (Å²) in [5, 5.41) is 2.07. The van der Waals surface area contributed by atoms with Crippen molar-refractivity contribution in [1.82, 2.24) is 9.97 Å². The zero-order valence-electron chi connectivity index (χ0n) is 9.47. The average Bonchev–Trinajstić information content (AvgIpc) is 3.03. The predicted octanol–water partition coefficient (Wildman–Crippen LogP) is 1.62. The van der Waals surface area contributed by atoms with Crippen LogP contribution in [0.2, 0.25) is 0 Å². The summed E-state index contributed by atoms with van der Waals surface area (Å²) in [5.41, 5.74) is 7.47. The van der Waals surface area contributed by atoms with Crippen LogP contribution in [-0.2, 0) is 0 Å². The second-order valence-electron chi connectivity index (χ2n) is 5.20. The Labute approximate surface area is 103 Å². The summed E-state index contributed by atoms with van der Waals surface area (Å²) in [6, 6.07) is 2.04. The molecule has 4 rings (SSSR count). The predicted molar refractivity (Wildman–Crippen MR) is 69.3 cm³/mol. The molecule has 0 radical (unpaired) electrons. The number of nitrogens with zero attached hydrogens (tertiary/aromatic N) is 3. The van der Waals surface area contributed by atoms with Gasteiger partial charge in [0.25, 0.3) is 0 Å². The van der Waals surface area contributed by atoms with Crippen LogP contribution in [0.25, 0.3) is 10.2 Å². The second kappa shape index (κ2) is 3.17. The summed E-state index contributed by atoms with van der Waals surface area (Å²) in [5.74, 6) is 1.81. The van der Waals surface area contributed by atoms with E-state index in [9.17, 15) is 0 Å². The first-order valence-corrected chi connectivity index (χ1v) is 6.86. The van der Waals surface area contributed by atoms with E-state index < -0.39 is 0 Å². The number of thiophene rings is 1. The first-order valence-electron chi connectivity index (χ1n) is 5.98. The SMILES string of the molecule is NC1(C2CC2)CN(c2ncnc3ccsc23)C1. The van der Waals surface area contributed by atoms with E-state index in [2.05, 4.69) is 20.2 Å². The summed E-state index contributed by atoms with van der Waals surface area (Å²) >= 11 is 1.71. The average molecular weight is 246 g/mol. The number of anilines is 1. The highest BCUT2D eigenvalue weighted by molar-refractivity contribution is 7.17. The van der Waals surface area contributed by atoms with Gasteiger partial charge < -0.3 is 10.6 Å². The van der Waals surface area contributed by atoms with Crippen molar-refractivity contribution in [2.75, 3.05) is 18.0 Å². The quantitative estimate of drug-likeness (QED) is 0.875. The molecule has 0 bridgehead atoms. The number of hydrogen-bond acceptors (Lipinski definition) is 5. The maximum Gasteiger partial charge on any atom is 0.150 e. The maximum atomic E-state index is 6.37. The van der Waals surface area contributed by atoms with Crippen molar-refractivity contribution in [3.8, 4) is 0 Å². The summed E-state index contributed by atoms with van der Waals surface area (Å²) in [6.45, 7) is 1.89. The molecule has 0 unspecified atom stereocenters. The van der Waals surface area contributed by atoms with Crippen molar-refractivity contribution in [2.24, 2.45) is 11.7 Å². The molecule has 2 aromatic rings. The van der Waals surface area contributed by atoms with Gasteiger partial charge in [-0.3, -0.25) is 0 Å². The minimum atomic E-state index is 0.0501. The highest BCUT2D eigenvalue weighted by atomic mass is 32.1. The lowest BCUT2D eigenvalue weighted by Crippen LogP contribution is -2.69. The van der Waals surface area contributed by atoms with E-state index in [-0.39, 0.29) is 5.54 Å². The van der Waals surface area contributed by atoms with Crippen molar-refractivity contribution < 1.29 is 0 Å². The highest BCUT2D eigenvalue weighted by Gasteiger charge is 2.50. The molecule has 17 heavy (non-hydrogen) atoms. The molecule has 0 atom stereocenters. The van der Waals surface area contributed by atoms with Crippen LogP contribution in [0.3, 0.4) is 0 Å².